The summed E-state index contributed by atoms with van der Waals surface area (Å²) in [5.41, 5.74) is -1.25. The fourth-order valence-corrected chi connectivity index (χ4v) is 1.78. The summed E-state index contributed by atoms with van der Waals surface area (Å²) in [7, 11) is 0. The van der Waals surface area contributed by atoms with Crippen molar-refractivity contribution in [3.8, 4) is 0 Å². The largest absolute Gasteiger partial charge is 0.416 e. The maximum absolute atomic E-state index is 13.8. The van der Waals surface area contributed by atoms with Crippen LogP contribution in [0, 0.1) is 17.7 Å². The Morgan fingerprint density at radius 3 is 2.09 bits per heavy atom. The van der Waals surface area contributed by atoms with Gasteiger partial charge in [0.15, 0.2) is 0 Å². The Bertz CT molecular complexity index is 666. The molecule has 1 N–H and O–H groups in total. The Balaban J connectivity index is 2.24. The van der Waals surface area contributed by atoms with Crippen LogP contribution in [0.15, 0.2) is 24.3 Å². The first kappa shape index (κ1) is 16.1. The van der Waals surface area contributed by atoms with Crippen molar-refractivity contribution in [2.24, 2.45) is 0 Å². The highest BCUT2D eigenvalue weighted by Gasteiger charge is 2.31. The lowest BCUT2D eigenvalue weighted by atomic mass is 10.1. The monoisotopic (exact) mass is 321 g/mol. The lowest BCUT2D eigenvalue weighted by molar-refractivity contribution is -0.137. The van der Waals surface area contributed by atoms with Crippen molar-refractivity contribution in [3.05, 3.63) is 53.1 Å². The molecular formula is C13H9F6N3. The first-order chi connectivity index (χ1) is 10.2. The first-order valence-corrected chi connectivity index (χ1v) is 6.00. The molecule has 2 aromatic rings. The molecule has 9 heteroatoms. The second-order valence-electron chi connectivity index (χ2n) is 4.44. The number of hydrogen-bond donors (Lipinski definition) is 1. The van der Waals surface area contributed by atoms with E-state index in [0.29, 0.717) is 18.2 Å². The van der Waals surface area contributed by atoms with Gasteiger partial charge in [0.25, 0.3) is 0 Å². The molecule has 1 heterocycles. The van der Waals surface area contributed by atoms with Gasteiger partial charge in [-0.3, -0.25) is 0 Å². The summed E-state index contributed by atoms with van der Waals surface area (Å²) in [4.78, 5) is 6.51. The SMILES string of the molecule is CC(Nc1nc(F)cc(F)n1)c1ccc(C(F)(F)F)cc1F. The van der Waals surface area contributed by atoms with Gasteiger partial charge in [-0.25, -0.2) is 4.39 Å². The van der Waals surface area contributed by atoms with Crippen LogP contribution in [0.2, 0.25) is 0 Å². The van der Waals surface area contributed by atoms with Crippen LogP contribution in [-0.2, 0) is 6.18 Å². The lowest BCUT2D eigenvalue weighted by Crippen LogP contribution is -2.13. The Morgan fingerprint density at radius 1 is 1.00 bits per heavy atom. The molecule has 0 fully saturated rings. The average Bonchev–Trinajstić information content (AvgIpc) is 2.35. The molecule has 2 rings (SSSR count). The van der Waals surface area contributed by atoms with Gasteiger partial charge in [-0.1, -0.05) is 6.07 Å². The first-order valence-electron chi connectivity index (χ1n) is 6.00. The van der Waals surface area contributed by atoms with Crippen LogP contribution in [0.1, 0.15) is 24.1 Å². The summed E-state index contributed by atoms with van der Waals surface area (Å²) in [5.74, 6) is -3.80. The smallest absolute Gasteiger partial charge is 0.347 e. The Hall–Kier alpha value is -2.32. The number of anilines is 1. The molecule has 1 atom stereocenters. The van der Waals surface area contributed by atoms with Gasteiger partial charge in [0.05, 0.1) is 11.6 Å². The molecule has 118 valence electrons. The number of nitrogens with zero attached hydrogens (tertiary/aromatic N) is 2. The summed E-state index contributed by atoms with van der Waals surface area (Å²) < 4.78 is 76.9. The van der Waals surface area contributed by atoms with Crippen LogP contribution in [0.4, 0.5) is 32.3 Å². The van der Waals surface area contributed by atoms with E-state index in [1.807, 2.05) is 0 Å². The predicted molar refractivity (Wildman–Crippen MR) is 65.4 cm³/mol. The van der Waals surface area contributed by atoms with E-state index in [0.717, 1.165) is 6.07 Å². The van der Waals surface area contributed by atoms with Gasteiger partial charge in [-0.05, 0) is 19.1 Å². The van der Waals surface area contributed by atoms with Gasteiger partial charge >= 0.3 is 6.18 Å². The molecule has 0 bridgehead atoms. The number of nitrogens with one attached hydrogen (secondary N) is 1. The number of halogens is 6. The van der Waals surface area contributed by atoms with Crippen molar-refractivity contribution in [2.45, 2.75) is 19.1 Å². The van der Waals surface area contributed by atoms with Gasteiger partial charge in [0.1, 0.15) is 5.82 Å². The quantitative estimate of drug-likeness (QED) is 0.683. The molecule has 0 saturated heterocycles. The van der Waals surface area contributed by atoms with Crippen molar-refractivity contribution in [2.75, 3.05) is 5.32 Å². The zero-order chi connectivity index (χ0) is 16.5. The summed E-state index contributed by atoms with van der Waals surface area (Å²) in [6.07, 6.45) is -4.66. The zero-order valence-corrected chi connectivity index (χ0v) is 11.0. The predicted octanol–water partition coefficient (Wildman–Crippen LogP) is 4.09. The summed E-state index contributed by atoms with van der Waals surface area (Å²) in [5, 5.41) is 2.42. The molecule has 0 aliphatic heterocycles. The molecule has 1 aromatic carbocycles. The molecule has 3 nitrogen and oxygen atoms in total. The van der Waals surface area contributed by atoms with Gasteiger partial charge in [0.2, 0.25) is 17.8 Å². The van der Waals surface area contributed by atoms with Crippen LogP contribution in [0.25, 0.3) is 0 Å². The summed E-state index contributed by atoms with van der Waals surface area (Å²) in [6.45, 7) is 1.39. The topological polar surface area (TPSA) is 37.8 Å². The van der Waals surface area contributed by atoms with Crippen LogP contribution >= 0.6 is 0 Å². The molecule has 0 radical (unpaired) electrons. The Kier molecular flexibility index (Phi) is 4.25. The fraction of sp³-hybridized carbons (Fsp3) is 0.231. The van der Waals surface area contributed by atoms with E-state index in [-0.39, 0.29) is 5.56 Å². The molecule has 1 aromatic heterocycles. The van der Waals surface area contributed by atoms with E-state index in [4.69, 9.17) is 0 Å². The number of benzene rings is 1. The van der Waals surface area contributed by atoms with Crippen molar-refractivity contribution in [1.82, 2.24) is 9.97 Å². The zero-order valence-electron chi connectivity index (χ0n) is 11.0. The highest BCUT2D eigenvalue weighted by molar-refractivity contribution is 5.34. The van der Waals surface area contributed by atoms with Crippen LogP contribution in [-0.4, -0.2) is 9.97 Å². The molecule has 0 aliphatic carbocycles. The molecule has 22 heavy (non-hydrogen) atoms. The van der Waals surface area contributed by atoms with E-state index in [2.05, 4.69) is 15.3 Å². The molecule has 0 aliphatic rings. The maximum Gasteiger partial charge on any atom is 0.416 e. The Labute approximate surface area is 121 Å². The van der Waals surface area contributed by atoms with Crippen molar-refractivity contribution in [3.63, 3.8) is 0 Å². The molecule has 0 saturated carbocycles. The van der Waals surface area contributed by atoms with Gasteiger partial charge in [-0.15, -0.1) is 0 Å². The minimum absolute atomic E-state index is 0.124. The van der Waals surface area contributed by atoms with E-state index >= 15 is 0 Å². The summed E-state index contributed by atoms with van der Waals surface area (Å²) in [6, 6.07) is 1.55. The second-order valence-corrected chi connectivity index (χ2v) is 4.44. The number of alkyl halides is 3. The minimum Gasteiger partial charge on any atom is -0.347 e. The molecule has 0 amide bonds. The second kappa shape index (κ2) is 5.82. The average molecular weight is 321 g/mol. The summed E-state index contributed by atoms with van der Waals surface area (Å²) >= 11 is 0. The van der Waals surface area contributed by atoms with Crippen LogP contribution in [0.5, 0.6) is 0 Å². The minimum atomic E-state index is -4.66. The van der Waals surface area contributed by atoms with E-state index in [1.165, 1.54) is 6.92 Å². The van der Waals surface area contributed by atoms with Crippen LogP contribution < -0.4 is 5.32 Å². The normalized spacial score (nSPS) is 13.0. The van der Waals surface area contributed by atoms with E-state index in [9.17, 15) is 26.3 Å². The number of rotatable bonds is 3. The molecule has 1 unspecified atom stereocenters. The van der Waals surface area contributed by atoms with Crippen molar-refractivity contribution < 1.29 is 26.3 Å². The Morgan fingerprint density at radius 2 is 1.59 bits per heavy atom. The van der Waals surface area contributed by atoms with Gasteiger partial charge in [-0.2, -0.15) is 31.9 Å². The highest BCUT2D eigenvalue weighted by Crippen LogP contribution is 2.31. The van der Waals surface area contributed by atoms with E-state index < -0.39 is 41.4 Å². The number of aromatic nitrogens is 2. The fourth-order valence-electron chi connectivity index (χ4n) is 1.78. The number of hydrogen-bond acceptors (Lipinski definition) is 3. The molecular weight excluding hydrogens is 312 g/mol. The van der Waals surface area contributed by atoms with Crippen molar-refractivity contribution >= 4 is 5.95 Å². The standard InChI is InChI=1S/C13H9F6N3/c1-6(20-12-21-10(15)5-11(16)22-12)8-3-2-7(4-9(8)14)13(17,18)19/h2-6H,1H3,(H,20,21,22). The maximum atomic E-state index is 13.8. The van der Waals surface area contributed by atoms with Gasteiger partial charge < -0.3 is 5.32 Å². The van der Waals surface area contributed by atoms with Crippen LogP contribution in [0.3, 0.4) is 0 Å². The molecule has 0 spiro atoms. The van der Waals surface area contributed by atoms with E-state index in [1.54, 1.807) is 0 Å². The highest BCUT2D eigenvalue weighted by atomic mass is 19.4. The van der Waals surface area contributed by atoms with Gasteiger partial charge in [0, 0.05) is 11.6 Å². The van der Waals surface area contributed by atoms with Crippen molar-refractivity contribution in [1.29, 1.82) is 0 Å². The third-order valence-electron chi connectivity index (χ3n) is 2.80. The third-order valence-corrected chi connectivity index (χ3v) is 2.80. The third kappa shape index (κ3) is 3.66. The lowest BCUT2D eigenvalue weighted by Gasteiger charge is -2.16.